The zero-order valence-electron chi connectivity index (χ0n) is 19.0. The van der Waals surface area contributed by atoms with Crippen LogP contribution in [0.2, 0.25) is 0 Å². The molecule has 1 aliphatic heterocycles. The van der Waals surface area contributed by atoms with E-state index in [1.54, 1.807) is 13.3 Å². The number of hydrogen-bond acceptors (Lipinski definition) is 7. The predicted molar refractivity (Wildman–Crippen MR) is 122 cm³/mol. The quantitative estimate of drug-likeness (QED) is 0.659. The van der Waals surface area contributed by atoms with Gasteiger partial charge in [0, 0.05) is 40.2 Å². The first-order chi connectivity index (χ1) is 14.9. The van der Waals surface area contributed by atoms with Gasteiger partial charge in [-0.1, -0.05) is 12.1 Å². The van der Waals surface area contributed by atoms with E-state index in [1.807, 2.05) is 49.2 Å². The fourth-order valence-corrected chi connectivity index (χ4v) is 3.68. The number of amides is 1. The lowest BCUT2D eigenvalue weighted by atomic mass is 10.1. The molecule has 0 bridgehead atoms. The number of nitrogens with one attached hydrogen (secondary N) is 1. The van der Waals surface area contributed by atoms with Crippen LogP contribution in [0, 0.1) is 0 Å². The summed E-state index contributed by atoms with van der Waals surface area (Å²) in [6, 6.07) is 10.0. The van der Waals surface area contributed by atoms with Gasteiger partial charge in [0.05, 0.1) is 25.2 Å². The van der Waals surface area contributed by atoms with Crippen molar-refractivity contribution < 1.29 is 14.3 Å². The molecule has 1 N–H and O–H groups in total. The highest BCUT2D eigenvalue weighted by Crippen LogP contribution is 2.25. The van der Waals surface area contributed by atoms with Gasteiger partial charge >= 0.3 is 0 Å². The van der Waals surface area contributed by atoms with Crippen LogP contribution in [-0.2, 0) is 9.53 Å². The van der Waals surface area contributed by atoms with Gasteiger partial charge < -0.3 is 24.6 Å². The molecule has 8 heteroatoms. The van der Waals surface area contributed by atoms with Gasteiger partial charge in [-0.15, -0.1) is 0 Å². The van der Waals surface area contributed by atoms with Crippen molar-refractivity contribution >= 4 is 17.7 Å². The second-order valence-electron chi connectivity index (χ2n) is 8.10. The number of carbonyl (C=O) groups is 1. The summed E-state index contributed by atoms with van der Waals surface area (Å²) >= 11 is 0. The summed E-state index contributed by atoms with van der Waals surface area (Å²) in [6.07, 6.45) is 2.83. The Morgan fingerprint density at radius 2 is 2.03 bits per heavy atom. The molecule has 1 aliphatic rings. The summed E-state index contributed by atoms with van der Waals surface area (Å²) in [7, 11) is 3.68. The van der Waals surface area contributed by atoms with Crippen molar-refractivity contribution in [1.29, 1.82) is 0 Å². The Kier molecular flexibility index (Phi) is 7.68. The van der Waals surface area contributed by atoms with E-state index in [9.17, 15) is 4.79 Å². The van der Waals surface area contributed by atoms with Crippen LogP contribution in [0.5, 0.6) is 5.75 Å². The van der Waals surface area contributed by atoms with Crippen molar-refractivity contribution in [1.82, 2.24) is 15.3 Å². The zero-order chi connectivity index (χ0) is 22.4. The van der Waals surface area contributed by atoms with E-state index in [1.165, 1.54) is 6.92 Å². The molecule has 1 aromatic carbocycles. The van der Waals surface area contributed by atoms with Gasteiger partial charge in [-0.05, 0) is 37.6 Å². The van der Waals surface area contributed by atoms with Crippen LogP contribution in [0.25, 0.3) is 0 Å². The molecule has 0 spiro atoms. The number of methoxy groups -OCH3 is 1. The SMILES string of the molecule is COC[C@H](C)N(C)c1nccc(N2CC[C@@H](Oc3ccc([C@H](C)NC(C)=O)cc3)C2)n1. The molecular weight excluding hydrogens is 394 g/mol. The van der Waals surface area contributed by atoms with Crippen LogP contribution >= 0.6 is 0 Å². The van der Waals surface area contributed by atoms with E-state index in [2.05, 4.69) is 22.1 Å². The van der Waals surface area contributed by atoms with E-state index >= 15 is 0 Å². The molecule has 0 saturated carbocycles. The van der Waals surface area contributed by atoms with Gasteiger partial charge in [-0.25, -0.2) is 4.98 Å². The monoisotopic (exact) mass is 427 g/mol. The summed E-state index contributed by atoms with van der Waals surface area (Å²) in [5.74, 6) is 2.40. The number of nitrogens with zero attached hydrogens (tertiary/aromatic N) is 4. The van der Waals surface area contributed by atoms with Gasteiger partial charge in [0.15, 0.2) is 0 Å². The summed E-state index contributed by atoms with van der Waals surface area (Å²) < 4.78 is 11.4. The number of carbonyl (C=O) groups excluding carboxylic acids is 1. The fraction of sp³-hybridized carbons (Fsp3) is 0.522. The van der Waals surface area contributed by atoms with E-state index in [4.69, 9.17) is 14.5 Å². The van der Waals surface area contributed by atoms with Crippen molar-refractivity contribution in [3.8, 4) is 5.75 Å². The largest absolute Gasteiger partial charge is 0.489 e. The maximum atomic E-state index is 11.2. The summed E-state index contributed by atoms with van der Waals surface area (Å²) in [6.45, 7) is 7.86. The summed E-state index contributed by atoms with van der Waals surface area (Å²) in [5, 5.41) is 2.89. The second-order valence-corrected chi connectivity index (χ2v) is 8.10. The average molecular weight is 428 g/mol. The second kappa shape index (κ2) is 10.4. The smallest absolute Gasteiger partial charge is 0.227 e. The molecule has 1 fully saturated rings. The maximum absolute atomic E-state index is 11.2. The number of aromatic nitrogens is 2. The molecule has 0 unspecified atom stereocenters. The van der Waals surface area contributed by atoms with Gasteiger partial charge in [-0.3, -0.25) is 4.79 Å². The Labute approximate surface area is 184 Å². The Balaban J connectivity index is 1.58. The molecule has 1 saturated heterocycles. The van der Waals surface area contributed by atoms with Gasteiger partial charge in [-0.2, -0.15) is 4.98 Å². The number of hydrogen-bond donors (Lipinski definition) is 1. The number of benzene rings is 1. The molecule has 1 amide bonds. The first-order valence-electron chi connectivity index (χ1n) is 10.7. The number of anilines is 2. The van der Waals surface area contributed by atoms with Crippen LogP contribution < -0.4 is 19.9 Å². The van der Waals surface area contributed by atoms with E-state index in [-0.39, 0.29) is 24.1 Å². The molecule has 0 radical (unpaired) electrons. The standard InChI is InChI=1S/C23H33N5O3/c1-16(15-30-5)27(4)23-24-12-10-22(26-23)28-13-11-21(14-28)31-20-8-6-19(7-9-20)17(2)25-18(3)29/h6-10,12,16-17,21H,11,13-15H2,1-5H3,(H,25,29)/t16-,17-,21+/m0/s1. The van der Waals surface area contributed by atoms with E-state index in [0.717, 1.165) is 36.6 Å². The van der Waals surface area contributed by atoms with Gasteiger partial charge in [0.1, 0.15) is 17.7 Å². The molecule has 3 rings (SSSR count). The summed E-state index contributed by atoms with van der Waals surface area (Å²) in [5.41, 5.74) is 1.05. The molecule has 0 aliphatic carbocycles. The lowest BCUT2D eigenvalue weighted by Crippen LogP contribution is -2.34. The number of ether oxygens (including phenoxy) is 2. The minimum Gasteiger partial charge on any atom is -0.489 e. The van der Waals surface area contributed by atoms with E-state index in [0.29, 0.717) is 12.6 Å². The maximum Gasteiger partial charge on any atom is 0.227 e. The van der Waals surface area contributed by atoms with Gasteiger partial charge in [0.2, 0.25) is 11.9 Å². The van der Waals surface area contributed by atoms with Crippen molar-refractivity contribution in [2.45, 2.75) is 45.4 Å². The van der Waals surface area contributed by atoms with Crippen LogP contribution in [-0.4, -0.2) is 61.9 Å². The molecule has 2 heterocycles. The molecular formula is C23H33N5O3. The third-order valence-corrected chi connectivity index (χ3v) is 5.58. The van der Waals surface area contributed by atoms with Crippen molar-refractivity contribution in [3.05, 3.63) is 42.1 Å². The third-order valence-electron chi connectivity index (χ3n) is 5.58. The Bertz CT molecular complexity index is 861. The van der Waals surface area contributed by atoms with Crippen molar-refractivity contribution in [3.63, 3.8) is 0 Å². The van der Waals surface area contributed by atoms with E-state index < -0.39 is 0 Å². The van der Waals surface area contributed by atoms with Crippen LogP contribution in [0.3, 0.4) is 0 Å². The van der Waals surface area contributed by atoms with Crippen LogP contribution in [0.1, 0.15) is 38.8 Å². The summed E-state index contributed by atoms with van der Waals surface area (Å²) in [4.78, 5) is 24.7. The predicted octanol–water partition coefficient (Wildman–Crippen LogP) is 2.80. The number of likely N-dealkylation sites (N-methyl/N-ethyl adjacent to an activating group) is 1. The molecule has 2 aromatic rings. The lowest BCUT2D eigenvalue weighted by molar-refractivity contribution is -0.119. The van der Waals surface area contributed by atoms with Gasteiger partial charge in [0.25, 0.3) is 0 Å². The van der Waals surface area contributed by atoms with Crippen LogP contribution in [0.15, 0.2) is 36.5 Å². The zero-order valence-corrected chi connectivity index (χ0v) is 19.0. The molecule has 168 valence electrons. The average Bonchev–Trinajstić information content (AvgIpc) is 3.22. The molecule has 31 heavy (non-hydrogen) atoms. The molecule has 1 aromatic heterocycles. The first kappa shape index (κ1) is 22.8. The topological polar surface area (TPSA) is 79.8 Å². The minimum absolute atomic E-state index is 0.0229. The first-order valence-corrected chi connectivity index (χ1v) is 10.7. The molecule has 8 nitrogen and oxygen atoms in total. The highest BCUT2D eigenvalue weighted by atomic mass is 16.5. The highest BCUT2D eigenvalue weighted by molar-refractivity contribution is 5.73. The fourth-order valence-electron chi connectivity index (χ4n) is 3.68. The van der Waals surface area contributed by atoms with Crippen molar-refractivity contribution in [2.75, 3.05) is 43.7 Å². The lowest BCUT2D eigenvalue weighted by Gasteiger charge is -2.25. The Morgan fingerprint density at radius 1 is 1.29 bits per heavy atom. The normalized spacial score (nSPS) is 17.8. The third kappa shape index (κ3) is 6.07. The highest BCUT2D eigenvalue weighted by Gasteiger charge is 2.26. The molecule has 3 atom stereocenters. The van der Waals surface area contributed by atoms with Crippen LogP contribution in [0.4, 0.5) is 11.8 Å². The Hall–Kier alpha value is -2.87. The minimum atomic E-state index is -0.0360. The number of rotatable bonds is 9. The Morgan fingerprint density at radius 3 is 2.71 bits per heavy atom. The van der Waals surface area contributed by atoms with Crippen molar-refractivity contribution in [2.24, 2.45) is 0 Å².